The normalized spacial score (nSPS) is 11.3. The van der Waals surface area contributed by atoms with Crippen molar-refractivity contribution in [3.63, 3.8) is 0 Å². The topological polar surface area (TPSA) is 21.6 Å². The summed E-state index contributed by atoms with van der Waals surface area (Å²) in [7, 11) is 0. The number of hydrogen-bond acceptors (Lipinski definition) is 2. The predicted molar refractivity (Wildman–Crippen MR) is 109 cm³/mol. The van der Waals surface area contributed by atoms with E-state index in [4.69, 9.17) is 16.2 Å². The zero-order valence-corrected chi connectivity index (χ0v) is 14.4. The minimum atomic E-state index is 0.232. The van der Waals surface area contributed by atoms with Gasteiger partial charge in [0.2, 0.25) is 0 Å². The Balaban J connectivity index is 1.96. The number of ether oxygens (including phenoxy) is 1. The summed E-state index contributed by atoms with van der Waals surface area (Å²) in [6, 6.07) is 28.0. The minimum Gasteiger partial charge on any atom is -0.480 e. The second-order valence-electron chi connectivity index (χ2n) is 5.60. The summed E-state index contributed by atoms with van der Waals surface area (Å²) >= 11 is 0. The van der Waals surface area contributed by atoms with E-state index in [-0.39, 0.29) is 6.61 Å². The Bertz CT molecular complexity index is 935. The van der Waals surface area contributed by atoms with Crippen molar-refractivity contribution in [2.75, 3.05) is 6.61 Å². The molecule has 0 aromatic heterocycles. The second-order valence-corrected chi connectivity index (χ2v) is 5.60. The lowest BCUT2D eigenvalue weighted by molar-refractivity contribution is 0.370. The number of nitrogens with zero attached hydrogens (tertiary/aromatic N) is 1. The maximum absolute atomic E-state index is 5.60. The molecule has 2 heteroatoms. The van der Waals surface area contributed by atoms with Gasteiger partial charge in [0.25, 0.3) is 0 Å². The van der Waals surface area contributed by atoms with Crippen molar-refractivity contribution in [2.45, 2.75) is 0 Å². The van der Waals surface area contributed by atoms with Crippen LogP contribution in [0.2, 0.25) is 0 Å². The van der Waals surface area contributed by atoms with Crippen LogP contribution in [0.15, 0.2) is 89.9 Å². The van der Waals surface area contributed by atoms with Crippen LogP contribution in [0.25, 0.3) is 11.8 Å². The molecule has 0 unspecified atom stereocenters. The van der Waals surface area contributed by atoms with Gasteiger partial charge in [-0.3, -0.25) is 4.99 Å². The van der Waals surface area contributed by atoms with Crippen molar-refractivity contribution in [1.29, 1.82) is 0 Å². The molecule has 126 valence electrons. The lowest BCUT2D eigenvalue weighted by atomic mass is 10.1. The molecule has 0 amide bonds. The first kappa shape index (κ1) is 17.3. The summed E-state index contributed by atoms with van der Waals surface area (Å²) in [6.45, 7) is 0.232. The first-order valence-electron chi connectivity index (χ1n) is 8.38. The van der Waals surface area contributed by atoms with Crippen molar-refractivity contribution in [3.05, 3.63) is 102 Å². The highest BCUT2D eigenvalue weighted by Crippen LogP contribution is 2.21. The molecule has 0 saturated heterocycles. The van der Waals surface area contributed by atoms with E-state index in [2.05, 4.69) is 24.1 Å². The Hall–Kier alpha value is -3.57. The molecule has 0 aliphatic heterocycles. The standard InChI is InChI=1S/C24H19NO/c1-2-17-26-24-16-10-9-15-22(24)19-25-23(21-13-7-4-8-14-21)18-20-11-5-3-6-12-20/h1,3-16,18-19H,17H2/b23-18-,25-19?. The number of rotatable bonds is 6. The van der Waals surface area contributed by atoms with Gasteiger partial charge in [0.15, 0.2) is 0 Å². The molecular weight excluding hydrogens is 318 g/mol. The largest absolute Gasteiger partial charge is 0.480 e. The van der Waals surface area contributed by atoms with Crippen LogP contribution < -0.4 is 4.74 Å². The van der Waals surface area contributed by atoms with Crippen LogP contribution in [-0.4, -0.2) is 12.8 Å². The summed E-state index contributed by atoms with van der Waals surface area (Å²) in [5.41, 5.74) is 3.91. The monoisotopic (exact) mass is 337 g/mol. The Kier molecular flexibility index (Phi) is 6.01. The summed E-state index contributed by atoms with van der Waals surface area (Å²) in [5, 5.41) is 0. The van der Waals surface area contributed by atoms with Crippen molar-refractivity contribution in [1.82, 2.24) is 0 Å². The van der Waals surface area contributed by atoms with Crippen LogP contribution in [0.1, 0.15) is 16.7 Å². The lowest BCUT2D eigenvalue weighted by Gasteiger charge is -2.07. The molecule has 0 fully saturated rings. The Morgan fingerprint density at radius 1 is 0.885 bits per heavy atom. The quantitative estimate of drug-likeness (QED) is 0.339. The first-order chi connectivity index (χ1) is 12.9. The van der Waals surface area contributed by atoms with Gasteiger partial charge in [0, 0.05) is 17.3 Å². The average Bonchev–Trinajstić information content (AvgIpc) is 2.71. The molecule has 0 heterocycles. The molecule has 0 aliphatic carbocycles. The van der Waals surface area contributed by atoms with Crippen LogP contribution >= 0.6 is 0 Å². The van der Waals surface area contributed by atoms with Gasteiger partial charge in [-0.2, -0.15) is 0 Å². The number of para-hydroxylation sites is 1. The first-order valence-corrected chi connectivity index (χ1v) is 8.38. The molecule has 0 bridgehead atoms. The molecule has 0 radical (unpaired) electrons. The fourth-order valence-corrected chi connectivity index (χ4v) is 2.49. The molecule has 0 spiro atoms. The van der Waals surface area contributed by atoms with Crippen molar-refractivity contribution in [3.8, 4) is 18.1 Å². The molecular formula is C24H19NO. The molecule has 0 saturated carbocycles. The van der Waals surface area contributed by atoms with Crippen LogP contribution in [0, 0.1) is 12.3 Å². The van der Waals surface area contributed by atoms with Gasteiger partial charge in [-0.1, -0.05) is 78.7 Å². The molecule has 3 rings (SSSR count). The summed E-state index contributed by atoms with van der Waals surface area (Å²) in [5.74, 6) is 3.21. The van der Waals surface area contributed by atoms with Crippen LogP contribution in [0.3, 0.4) is 0 Å². The second kappa shape index (κ2) is 9.05. The van der Waals surface area contributed by atoms with E-state index in [9.17, 15) is 0 Å². The predicted octanol–water partition coefficient (Wildman–Crippen LogP) is 5.32. The Morgan fingerprint density at radius 2 is 1.54 bits per heavy atom. The van der Waals surface area contributed by atoms with Crippen molar-refractivity contribution >= 4 is 18.0 Å². The van der Waals surface area contributed by atoms with E-state index >= 15 is 0 Å². The summed E-state index contributed by atoms with van der Waals surface area (Å²) in [6.07, 6.45) is 9.17. The smallest absolute Gasteiger partial charge is 0.148 e. The zero-order chi connectivity index (χ0) is 18.0. The van der Waals surface area contributed by atoms with Gasteiger partial charge in [-0.05, 0) is 23.8 Å². The molecule has 3 aromatic rings. The highest BCUT2D eigenvalue weighted by molar-refractivity contribution is 5.91. The van der Waals surface area contributed by atoms with Gasteiger partial charge >= 0.3 is 0 Å². The third-order valence-corrected chi connectivity index (χ3v) is 3.75. The molecule has 3 aromatic carbocycles. The molecule has 0 N–H and O–H groups in total. The maximum atomic E-state index is 5.60. The van der Waals surface area contributed by atoms with E-state index in [1.54, 1.807) is 0 Å². The van der Waals surface area contributed by atoms with Crippen LogP contribution in [0.4, 0.5) is 0 Å². The van der Waals surface area contributed by atoms with Gasteiger partial charge in [-0.25, -0.2) is 0 Å². The number of benzene rings is 3. The summed E-state index contributed by atoms with van der Waals surface area (Å²) < 4.78 is 5.60. The minimum absolute atomic E-state index is 0.232. The number of aliphatic imine (C=N–C) groups is 1. The highest BCUT2D eigenvalue weighted by atomic mass is 16.5. The molecule has 0 aliphatic rings. The zero-order valence-electron chi connectivity index (χ0n) is 14.4. The van der Waals surface area contributed by atoms with Gasteiger partial charge in [0.05, 0.1) is 5.70 Å². The maximum Gasteiger partial charge on any atom is 0.148 e. The van der Waals surface area contributed by atoms with E-state index in [1.165, 1.54) is 0 Å². The molecule has 2 nitrogen and oxygen atoms in total. The average molecular weight is 337 g/mol. The van der Waals surface area contributed by atoms with E-state index < -0.39 is 0 Å². The third kappa shape index (κ3) is 4.72. The summed E-state index contributed by atoms with van der Waals surface area (Å²) in [4.78, 5) is 4.73. The van der Waals surface area contributed by atoms with Gasteiger partial charge < -0.3 is 4.74 Å². The molecule has 0 atom stereocenters. The van der Waals surface area contributed by atoms with Crippen molar-refractivity contribution < 1.29 is 4.74 Å². The molecule has 26 heavy (non-hydrogen) atoms. The van der Waals surface area contributed by atoms with E-state index in [1.807, 2.05) is 79.0 Å². The lowest BCUT2D eigenvalue weighted by Crippen LogP contribution is -1.97. The van der Waals surface area contributed by atoms with Gasteiger partial charge in [0.1, 0.15) is 12.4 Å². The van der Waals surface area contributed by atoms with E-state index in [0.717, 1.165) is 28.1 Å². The van der Waals surface area contributed by atoms with Crippen LogP contribution in [-0.2, 0) is 0 Å². The highest BCUT2D eigenvalue weighted by Gasteiger charge is 2.02. The van der Waals surface area contributed by atoms with Crippen LogP contribution in [0.5, 0.6) is 5.75 Å². The van der Waals surface area contributed by atoms with E-state index in [0.29, 0.717) is 0 Å². The Morgan fingerprint density at radius 3 is 2.27 bits per heavy atom. The number of terminal acetylenes is 1. The Labute approximate surface area is 154 Å². The fraction of sp³-hybridized carbons (Fsp3) is 0.0417. The van der Waals surface area contributed by atoms with Gasteiger partial charge in [-0.15, -0.1) is 6.42 Å². The van der Waals surface area contributed by atoms with Crippen molar-refractivity contribution in [2.24, 2.45) is 4.99 Å². The fourth-order valence-electron chi connectivity index (χ4n) is 2.49. The third-order valence-electron chi connectivity index (χ3n) is 3.75. The number of hydrogen-bond donors (Lipinski definition) is 0. The SMILES string of the molecule is C#CCOc1ccccc1C=N/C(=C\c1ccccc1)c1ccccc1.